The highest BCUT2D eigenvalue weighted by Crippen LogP contribution is 2.19. The first-order chi connectivity index (χ1) is 8.15. The maximum atomic E-state index is 5.91. The molecule has 1 aromatic rings. The van der Waals surface area contributed by atoms with Gasteiger partial charge in [0.05, 0.1) is 0 Å². The highest BCUT2D eigenvalue weighted by Gasteiger charge is 2.17. The summed E-state index contributed by atoms with van der Waals surface area (Å²) in [5.41, 5.74) is 8.54. The lowest BCUT2D eigenvalue weighted by Gasteiger charge is -2.27. The molecular formula is C14H21BrN2. The third-order valence-corrected chi connectivity index (χ3v) is 4.46. The first kappa shape index (κ1) is 13.1. The molecular weight excluding hydrogens is 276 g/mol. The van der Waals surface area contributed by atoms with Gasteiger partial charge in [-0.2, -0.15) is 0 Å². The molecule has 0 saturated heterocycles. The van der Waals surface area contributed by atoms with Crippen molar-refractivity contribution in [2.24, 2.45) is 5.73 Å². The number of hydrogen-bond acceptors (Lipinski definition) is 2. The van der Waals surface area contributed by atoms with Gasteiger partial charge in [-0.05, 0) is 49.8 Å². The van der Waals surface area contributed by atoms with Crippen LogP contribution in [0.1, 0.15) is 36.8 Å². The van der Waals surface area contributed by atoms with E-state index in [-0.39, 0.29) is 0 Å². The Morgan fingerprint density at radius 3 is 2.65 bits per heavy atom. The summed E-state index contributed by atoms with van der Waals surface area (Å²) >= 11 is 3.58. The minimum absolute atomic E-state index is 0.432. The van der Waals surface area contributed by atoms with Crippen molar-refractivity contribution < 1.29 is 0 Å². The van der Waals surface area contributed by atoms with Crippen molar-refractivity contribution in [3.05, 3.63) is 33.8 Å². The SMILES string of the molecule is Cc1ccc(CNC2CCC(N)CC2)cc1Br. The van der Waals surface area contributed by atoms with Crippen LogP contribution in [-0.2, 0) is 6.54 Å². The van der Waals surface area contributed by atoms with Crippen LogP contribution in [0.3, 0.4) is 0 Å². The molecule has 2 nitrogen and oxygen atoms in total. The highest BCUT2D eigenvalue weighted by atomic mass is 79.9. The lowest BCUT2D eigenvalue weighted by atomic mass is 9.92. The van der Waals surface area contributed by atoms with Gasteiger partial charge in [-0.15, -0.1) is 0 Å². The third kappa shape index (κ3) is 3.80. The predicted molar refractivity (Wildman–Crippen MR) is 76.0 cm³/mol. The molecule has 3 N–H and O–H groups in total. The van der Waals surface area contributed by atoms with E-state index in [1.165, 1.54) is 28.4 Å². The average molecular weight is 297 g/mol. The summed E-state index contributed by atoms with van der Waals surface area (Å²) in [6.45, 7) is 3.07. The Morgan fingerprint density at radius 1 is 1.29 bits per heavy atom. The highest BCUT2D eigenvalue weighted by molar-refractivity contribution is 9.10. The number of hydrogen-bond donors (Lipinski definition) is 2. The van der Waals surface area contributed by atoms with Gasteiger partial charge in [0.1, 0.15) is 0 Å². The summed E-state index contributed by atoms with van der Waals surface area (Å²) in [5.74, 6) is 0. The average Bonchev–Trinajstić information content (AvgIpc) is 2.33. The van der Waals surface area contributed by atoms with Gasteiger partial charge in [0.25, 0.3) is 0 Å². The van der Waals surface area contributed by atoms with Crippen molar-refractivity contribution >= 4 is 15.9 Å². The smallest absolute Gasteiger partial charge is 0.0208 e. The summed E-state index contributed by atoms with van der Waals surface area (Å²) < 4.78 is 1.20. The van der Waals surface area contributed by atoms with Crippen molar-refractivity contribution in [3.63, 3.8) is 0 Å². The molecule has 94 valence electrons. The predicted octanol–water partition coefficient (Wildman–Crippen LogP) is 3.12. The summed E-state index contributed by atoms with van der Waals surface area (Å²) in [5, 5.41) is 3.63. The van der Waals surface area contributed by atoms with Crippen LogP contribution in [0.15, 0.2) is 22.7 Å². The van der Waals surface area contributed by atoms with E-state index in [0.29, 0.717) is 12.1 Å². The first-order valence-corrected chi connectivity index (χ1v) is 7.18. The molecule has 17 heavy (non-hydrogen) atoms. The minimum atomic E-state index is 0.432. The molecule has 1 aromatic carbocycles. The van der Waals surface area contributed by atoms with Crippen LogP contribution in [-0.4, -0.2) is 12.1 Å². The van der Waals surface area contributed by atoms with Gasteiger partial charge in [-0.25, -0.2) is 0 Å². The van der Waals surface area contributed by atoms with Crippen molar-refractivity contribution in [2.45, 2.75) is 51.2 Å². The number of benzene rings is 1. The van der Waals surface area contributed by atoms with Gasteiger partial charge in [-0.3, -0.25) is 0 Å². The molecule has 1 fully saturated rings. The Morgan fingerprint density at radius 2 is 2.00 bits per heavy atom. The maximum absolute atomic E-state index is 5.91. The Hall–Kier alpha value is -0.380. The minimum Gasteiger partial charge on any atom is -0.328 e. The maximum Gasteiger partial charge on any atom is 0.0208 e. The van der Waals surface area contributed by atoms with Crippen LogP contribution in [0.2, 0.25) is 0 Å². The fourth-order valence-corrected chi connectivity index (χ4v) is 2.76. The number of aryl methyl sites for hydroxylation is 1. The van der Waals surface area contributed by atoms with E-state index in [9.17, 15) is 0 Å². The van der Waals surface area contributed by atoms with Crippen LogP contribution < -0.4 is 11.1 Å². The second-order valence-electron chi connectivity index (χ2n) is 5.08. The molecule has 0 unspecified atom stereocenters. The number of nitrogens with one attached hydrogen (secondary N) is 1. The topological polar surface area (TPSA) is 38.0 Å². The van der Waals surface area contributed by atoms with Gasteiger partial charge in [-0.1, -0.05) is 28.1 Å². The van der Waals surface area contributed by atoms with Crippen LogP contribution in [0, 0.1) is 6.92 Å². The molecule has 3 heteroatoms. The van der Waals surface area contributed by atoms with Crippen molar-refractivity contribution in [1.82, 2.24) is 5.32 Å². The summed E-state index contributed by atoms with van der Waals surface area (Å²) in [6.07, 6.45) is 4.76. The van der Waals surface area contributed by atoms with Crippen molar-refractivity contribution in [2.75, 3.05) is 0 Å². The largest absolute Gasteiger partial charge is 0.328 e. The number of nitrogens with two attached hydrogens (primary N) is 1. The second-order valence-corrected chi connectivity index (χ2v) is 5.93. The van der Waals surface area contributed by atoms with Gasteiger partial charge in [0.2, 0.25) is 0 Å². The molecule has 2 rings (SSSR count). The molecule has 1 aliphatic rings. The Labute approximate surface area is 112 Å². The summed E-state index contributed by atoms with van der Waals surface area (Å²) in [7, 11) is 0. The molecule has 1 saturated carbocycles. The van der Waals surface area contributed by atoms with Gasteiger partial charge < -0.3 is 11.1 Å². The molecule has 0 bridgehead atoms. The quantitative estimate of drug-likeness (QED) is 0.899. The van der Waals surface area contributed by atoms with Crippen LogP contribution in [0.25, 0.3) is 0 Å². The van der Waals surface area contributed by atoms with Crippen molar-refractivity contribution in [3.8, 4) is 0 Å². The Kier molecular flexibility index (Phi) is 4.60. The molecule has 0 heterocycles. The molecule has 0 amide bonds. The second kappa shape index (κ2) is 5.98. The summed E-state index contributed by atoms with van der Waals surface area (Å²) in [4.78, 5) is 0. The monoisotopic (exact) mass is 296 g/mol. The molecule has 0 radical (unpaired) electrons. The standard InChI is InChI=1S/C14H21BrN2/c1-10-2-3-11(8-14(10)15)9-17-13-6-4-12(16)5-7-13/h2-3,8,12-13,17H,4-7,9,16H2,1H3. The fourth-order valence-electron chi connectivity index (χ4n) is 2.33. The van der Waals surface area contributed by atoms with E-state index in [4.69, 9.17) is 5.73 Å². The van der Waals surface area contributed by atoms with E-state index >= 15 is 0 Å². The van der Waals surface area contributed by atoms with Crippen LogP contribution in [0.4, 0.5) is 0 Å². The summed E-state index contributed by atoms with van der Waals surface area (Å²) in [6, 6.07) is 7.65. The zero-order valence-electron chi connectivity index (χ0n) is 10.4. The zero-order chi connectivity index (χ0) is 12.3. The van der Waals surface area contributed by atoms with Gasteiger partial charge >= 0.3 is 0 Å². The van der Waals surface area contributed by atoms with E-state index in [1.54, 1.807) is 0 Å². The van der Waals surface area contributed by atoms with Crippen LogP contribution >= 0.6 is 15.9 Å². The van der Waals surface area contributed by atoms with Crippen LogP contribution in [0.5, 0.6) is 0 Å². The van der Waals surface area contributed by atoms with Gasteiger partial charge in [0.15, 0.2) is 0 Å². The molecule has 0 atom stereocenters. The number of rotatable bonds is 3. The third-order valence-electron chi connectivity index (χ3n) is 3.60. The van der Waals surface area contributed by atoms with E-state index in [1.807, 2.05) is 0 Å². The Bertz CT molecular complexity index is 370. The first-order valence-electron chi connectivity index (χ1n) is 6.39. The van der Waals surface area contributed by atoms with E-state index < -0.39 is 0 Å². The molecule has 0 aliphatic heterocycles. The normalized spacial score (nSPS) is 24.9. The zero-order valence-corrected chi connectivity index (χ0v) is 12.0. The lowest BCUT2D eigenvalue weighted by Crippen LogP contribution is -2.37. The molecule has 0 spiro atoms. The fraction of sp³-hybridized carbons (Fsp3) is 0.571. The van der Waals surface area contributed by atoms with E-state index in [0.717, 1.165) is 19.4 Å². The number of halogens is 1. The lowest BCUT2D eigenvalue weighted by molar-refractivity contribution is 0.342. The Balaban J connectivity index is 1.83. The molecule has 1 aliphatic carbocycles. The van der Waals surface area contributed by atoms with E-state index in [2.05, 4.69) is 46.4 Å². The van der Waals surface area contributed by atoms with Crippen molar-refractivity contribution in [1.29, 1.82) is 0 Å². The molecule has 0 aromatic heterocycles. The van der Waals surface area contributed by atoms with Gasteiger partial charge in [0, 0.05) is 23.1 Å².